The number of aldehydes is 1. The third-order valence-corrected chi connectivity index (χ3v) is 2.66. The SMILES string of the molecule is O=CCc1ccccc1Cc1ccccc1. The Bertz CT molecular complexity index is 460. The molecule has 0 aliphatic heterocycles. The van der Waals surface area contributed by atoms with Gasteiger partial charge in [0.25, 0.3) is 0 Å². The first-order chi connectivity index (χ1) is 7.90. The maximum Gasteiger partial charge on any atom is 0.124 e. The summed E-state index contributed by atoms with van der Waals surface area (Å²) in [5, 5.41) is 0. The minimum atomic E-state index is 0.503. The van der Waals surface area contributed by atoms with Crippen molar-refractivity contribution in [3.63, 3.8) is 0 Å². The highest BCUT2D eigenvalue weighted by molar-refractivity contribution is 5.56. The Hall–Kier alpha value is -1.89. The molecule has 0 N–H and O–H groups in total. The molecule has 0 aromatic heterocycles. The van der Waals surface area contributed by atoms with Crippen LogP contribution >= 0.6 is 0 Å². The molecule has 16 heavy (non-hydrogen) atoms. The van der Waals surface area contributed by atoms with Crippen LogP contribution in [0.5, 0.6) is 0 Å². The van der Waals surface area contributed by atoms with Crippen molar-refractivity contribution >= 4 is 6.29 Å². The second-order valence-corrected chi connectivity index (χ2v) is 3.80. The largest absolute Gasteiger partial charge is 0.303 e. The maximum absolute atomic E-state index is 10.6. The summed E-state index contributed by atoms with van der Waals surface area (Å²) in [4.78, 5) is 10.6. The molecule has 0 saturated heterocycles. The molecule has 0 atom stereocenters. The summed E-state index contributed by atoms with van der Waals surface area (Å²) in [7, 11) is 0. The van der Waals surface area contributed by atoms with Crippen LogP contribution in [0.1, 0.15) is 16.7 Å². The van der Waals surface area contributed by atoms with Gasteiger partial charge in [0.15, 0.2) is 0 Å². The third-order valence-electron chi connectivity index (χ3n) is 2.66. The van der Waals surface area contributed by atoms with Crippen molar-refractivity contribution in [1.82, 2.24) is 0 Å². The van der Waals surface area contributed by atoms with Gasteiger partial charge in [-0.15, -0.1) is 0 Å². The van der Waals surface area contributed by atoms with Gasteiger partial charge in [0.1, 0.15) is 6.29 Å². The van der Waals surface area contributed by atoms with E-state index in [1.807, 2.05) is 36.4 Å². The molecular weight excluding hydrogens is 196 g/mol. The first-order valence-electron chi connectivity index (χ1n) is 5.44. The summed E-state index contributed by atoms with van der Waals surface area (Å²) in [5.74, 6) is 0. The zero-order chi connectivity index (χ0) is 11.2. The normalized spacial score (nSPS) is 10.0. The molecule has 0 spiro atoms. The molecule has 2 aromatic rings. The summed E-state index contributed by atoms with van der Waals surface area (Å²) < 4.78 is 0. The summed E-state index contributed by atoms with van der Waals surface area (Å²) in [6, 6.07) is 18.4. The average molecular weight is 210 g/mol. The molecule has 0 bridgehead atoms. The fraction of sp³-hybridized carbons (Fsp3) is 0.133. The van der Waals surface area contributed by atoms with Crippen molar-refractivity contribution in [3.8, 4) is 0 Å². The third kappa shape index (κ3) is 2.57. The van der Waals surface area contributed by atoms with Crippen molar-refractivity contribution in [2.75, 3.05) is 0 Å². The van der Waals surface area contributed by atoms with Crippen molar-refractivity contribution in [3.05, 3.63) is 71.3 Å². The molecule has 1 heteroatoms. The van der Waals surface area contributed by atoms with Gasteiger partial charge in [-0.2, -0.15) is 0 Å². The molecule has 0 aliphatic rings. The van der Waals surface area contributed by atoms with Crippen LogP contribution in [0.2, 0.25) is 0 Å². The second-order valence-electron chi connectivity index (χ2n) is 3.80. The highest BCUT2D eigenvalue weighted by Crippen LogP contribution is 2.14. The van der Waals surface area contributed by atoms with Crippen LogP contribution in [0.15, 0.2) is 54.6 Å². The van der Waals surface area contributed by atoms with Gasteiger partial charge in [-0.25, -0.2) is 0 Å². The zero-order valence-electron chi connectivity index (χ0n) is 9.10. The monoisotopic (exact) mass is 210 g/mol. The van der Waals surface area contributed by atoms with Crippen molar-refractivity contribution in [2.24, 2.45) is 0 Å². The van der Waals surface area contributed by atoms with E-state index in [1.54, 1.807) is 0 Å². The Morgan fingerprint density at radius 1 is 0.812 bits per heavy atom. The lowest BCUT2D eigenvalue weighted by Crippen LogP contribution is -1.96. The minimum Gasteiger partial charge on any atom is -0.303 e. The summed E-state index contributed by atoms with van der Waals surface area (Å²) in [5.41, 5.74) is 3.64. The van der Waals surface area contributed by atoms with Crippen molar-refractivity contribution in [1.29, 1.82) is 0 Å². The molecule has 0 aliphatic carbocycles. The van der Waals surface area contributed by atoms with Gasteiger partial charge in [-0.1, -0.05) is 54.6 Å². The van der Waals surface area contributed by atoms with E-state index in [9.17, 15) is 4.79 Å². The van der Waals surface area contributed by atoms with Crippen LogP contribution in [0.4, 0.5) is 0 Å². The lowest BCUT2D eigenvalue weighted by Gasteiger charge is -2.06. The number of hydrogen-bond donors (Lipinski definition) is 0. The van der Waals surface area contributed by atoms with E-state index in [2.05, 4.69) is 18.2 Å². The van der Waals surface area contributed by atoms with Gasteiger partial charge >= 0.3 is 0 Å². The van der Waals surface area contributed by atoms with E-state index in [4.69, 9.17) is 0 Å². The van der Waals surface area contributed by atoms with Gasteiger partial charge in [0, 0.05) is 6.42 Å². The van der Waals surface area contributed by atoms with Gasteiger partial charge in [0.05, 0.1) is 0 Å². The van der Waals surface area contributed by atoms with Crippen LogP contribution in [0.25, 0.3) is 0 Å². The fourth-order valence-electron chi connectivity index (χ4n) is 1.83. The highest BCUT2D eigenvalue weighted by atomic mass is 16.1. The van der Waals surface area contributed by atoms with E-state index >= 15 is 0 Å². The lowest BCUT2D eigenvalue weighted by molar-refractivity contribution is -0.107. The van der Waals surface area contributed by atoms with E-state index < -0.39 is 0 Å². The zero-order valence-corrected chi connectivity index (χ0v) is 9.10. The summed E-state index contributed by atoms with van der Waals surface area (Å²) in [6.45, 7) is 0. The van der Waals surface area contributed by atoms with Crippen molar-refractivity contribution in [2.45, 2.75) is 12.8 Å². The Morgan fingerprint density at radius 3 is 2.12 bits per heavy atom. The van der Waals surface area contributed by atoms with E-state index in [0.29, 0.717) is 6.42 Å². The quantitative estimate of drug-likeness (QED) is 0.709. The molecule has 0 saturated carbocycles. The number of hydrogen-bond acceptors (Lipinski definition) is 1. The molecule has 0 radical (unpaired) electrons. The first kappa shape index (κ1) is 10.6. The van der Waals surface area contributed by atoms with Crippen LogP contribution in [0.3, 0.4) is 0 Å². The smallest absolute Gasteiger partial charge is 0.124 e. The van der Waals surface area contributed by atoms with Gasteiger partial charge in [-0.3, -0.25) is 0 Å². The summed E-state index contributed by atoms with van der Waals surface area (Å²) in [6.07, 6.45) is 2.36. The first-order valence-corrected chi connectivity index (χ1v) is 5.44. The van der Waals surface area contributed by atoms with Crippen LogP contribution in [-0.4, -0.2) is 6.29 Å². The number of rotatable bonds is 4. The molecule has 0 amide bonds. The van der Waals surface area contributed by atoms with E-state index in [1.165, 1.54) is 11.1 Å². The Balaban J connectivity index is 2.24. The standard InChI is InChI=1S/C15H14O/c16-11-10-14-8-4-5-9-15(14)12-13-6-2-1-3-7-13/h1-9,11H,10,12H2. The molecule has 80 valence electrons. The second kappa shape index (κ2) is 5.26. The Kier molecular flexibility index (Phi) is 3.50. The fourth-order valence-corrected chi connectivity index (χ4v) is 1.83. The lowest BCUT2D eigenvalue weighted by atomic mass is 9.98. The minimum absolute atomic E-state index is 0.503. The van der Waals surface area contributed by atoms with Crippen LogP contribution in [0, 0.1) is 0 Å². The van der Waals surface area contributed by atoms with Gasteiger partial charge in [0.2, 0.25) is 0 Å². The highest BCUT2D eigenvalue weighted by Gasteiger charge is 2.01. The van der Waals surface area contributed by atoms with Crippen LogP contribution in [-0.2, 0) is 17.6 Å². The maximum atomic E-state index is 10.6. The van der Waals surface area contributed by atoms with E-state index in [-0.39, 0.29) is 0 Å². The molecular formula is C15H14O. The number of carbonyl (C=O) groups excluding carboxylic acids is 1. The van der Waals surface area contributed by atoms with Gasteiger partial charge < -0.3 is 4.79 Å². The van der Waals surface area contributed by atoms with Gasteiger partial charge in [-0.05, 0) is 23.1 Å². The molecule has 0 unspecified atom stereocenters. The Labute approximate surface area is 95.7 Å². The molecule has 0 heterocycles. The summed E-state index contributed by atoms with van der Waals surface area (Å²) >= 11 is 0. The number of carbonyl (C=O) groups is 1. The molecule has 1 nitrogen and oxygen atoms in total. The predicted molar refractivity (Wildman–Crippen MR) is 65.5 cm³/mol. The molecule has 2 rings (SSSR count). The molecule has 2 aromatic carbocycles. The molecule has 0 fully saturated rings. The topological polar surface area (TPSA) is 17.1 Å². The van der Waals surface area contributed by atoms with Crippen LogP contribution < -0.4 is 0 Å². The number of benzene rings is 2. The average Bonchev–Trinajstić information content (AvgIpc) is 2.33. The predicted octanol–water partition coefficient (Wildman–Crippen LogP) is 3.02. The van der Waals surface area contributed by atoms with Crippen molar-refractivity contribution < 1.29 is 4.79 Å². The van der Waals surface area contributed by atoms with E-state index in [0.717, 1.165) is 18.3 Å². The Morgan fingerprint density at radius 2 is 1.44 bits per heavy atom.